The van der Waals surface area contributed by atoms with Gasteiger partial charge in [0.15, 0.2) is 5.96 Å². The summed E-state index contributed by atoms with van der Waals surface area (Å²) in [4.78, 5) is 8.50. The van der Waals surface area contributed by atoms with Crippen LogP contribution in [0.2, 0.25) is 0 Å². The summed E-state index contributed by atoms with van der Waals surface area (Å²) in [6.07, 6.45) is 1.69. The molecule has 7 heteroatoms. The molecule has 3 N–H and O–H groups in total. The quantitative estimate of drug-likeness (QED) is 0.420. The van der Waals surface area contributed by atoms with Crippen LogP contribution in [0.15, 0.2) is 47.6 Å². The Morgan fingerprint density at radius 2 is 2.04 bits per heavy atom. The van der Waals surface area contributed by atoms with E-state index >= 15 is 0 Å². The highest BCUT2D eigenvalue weighted by Crippen LogP contribution is 2.22. The van der Waals surface area contributed by atoms with Gasteiger partial charge in [0.2, 0.25) is 5.88 Å². The molecule has 0 radical (unpaired) electrons. The van der Waals surface area contributed by atoms with Gasteiger partial charge in [0.1, 0.15) is 5.75 Å². The molecule has 1 aromatic heterocycles. The van der Waals surface area contributed by atoms with Crippen LogP contribution in [0.1, 0.15) is 12.5 Å². The number of ether oxygens (including phenoxy) is 2. The molecule has 0 amide bonds. The number of nitrogens with one attached hydrogen (secondary N) is 1. The van der Waals surface area contributed by atoms with Crippen molar-refractivity contribution in [3.8, 4) is 11.6 Å². The predicted molar refractivity (Wildman–Crippen MR) is 103 cm³/mol. The first kappa shape index (κ1) is 19.0. The van der Waals surface area contributed by atoms with Crippen molar-refractivity contribution in [2.45, 2.75) is 13.5 Å². The number of para-hydroxylation sites is 2. The third-order valence-corrected chi connectivity index (χ3v) is 2.92. The summed E-state index contributed by atoms with van der Waals surface area (Å²) in [5.74, 6) is 1.59. The third-order valence-electron chi connectivity index (χ3n) is 2.92. The zero-order chi connectivity index (χ0) is 15.8. The van der Waals surface area contributed by atoms with Crippen molar-refractivity contribution in [2.75, 3.05) is 19.0 Å². The summed E-state index contributed by atoms with van der Waals surface area (Å²) in [6, 6.07) is 11.3. The minimum Gasteiger partial charge on any atom is -0.495 e. The molecule has 0 aliphatic rings. The number of benzene rings is 1. The molecule has 0 fully saturated rings. The Kier molecular flexibility index (Phi) is 8.17. The van der Waals surface area contributed by atoms with E-state index in [0.29, 0.717) is 30.7 Å². The number of hydrogen-bond acceptors (Lipinski definition) is 4. The summed E-state index contributed by atoms with van der Waals surface area (Å²) in [7, 11) is 1.61. The second-order valence-electron chi connectivity index (χ2n) is 4.43. The number of pyridine rings is 1. The highest BCUT2D eigenvalue weighted by Gasteiger charge is 2.05. The molecule has 0 saturated heterocycles. The molecule has 0 aliphatic carbocycles. The number of aliphatic imine (C=N–C) groups is 1. The molecule has 0 saturated carbocycles. The number of rotatable bonds is 6. The number of halogens is 1. The van der Waals surface area contributed by atoms with Crippen molar-refractivity contribution in [3.05, 3.63) is 48.2 Å². The standard InChI is InChI=1S/C16H20N4O2.HI/c1-3-22-15-12(7-6-10-18-15)11-19-16(17)20-13-8-4-5-9-14(13)21-2;/h4-10H,3,11H2,1-2H3,(H3,17,19,20);1H. The minimum absolute atomic E-state index is 0. The summed E-state index contributed by atoms with van der Waals surface area (Å²) >= 11 is 0. The second-order valence-corrected chi connectivity index (χ2v) is 4.43. The Balaban J connectivity index is 0.00000264. The van der Waals surface area contributed by atoms with Crippen molar-refractivity contribution in [2.24, 2.45) is 10.7 Å². The maximum atomic E-state index is 5.92. The Bertz CT molecular complexity index is 649. The summed E-state index contributed by atoms with van der Waals surface area (Å²) in [5, 5.41) is 3.02. The predicted octanol–water partition coefficient (Wildman–Crippen LogP) is 3.03. The lowest BCUT2D eigenvalue weighted by Crippen LogP contribution is -2.23. The van der Waals surface area contributed by atoms with E-state index in [4.69, 9.17) is 15.2 Å². The molecule has 2 rings (SSSR count). The van der Waals surface area contributed by atoms with Crippen LogP contribution in [0, 0.1) is 0 Å². The van der Waals surface area contributed by atoms with Gasteiger partial charge in [-0.25, -0.2) is 9.98 Å². The molecule has 1 heterocycles. The average Bonchev–Trinajstić information content (AvgIpc) is 2.55. The Morgan fingerprint density at radius 1 is 1.26 bits per heavy atom. The molecule has 2 aromatic rings. The van der Waals surface area contributed by atoms with E-state index in [0.717, 1.165) is 11.3 Å². The van der Waals surface area contributed by atoms with Gasteiger partial charge in [-0.15, -0.1) is 24.0 Å². The van der Waals surface area contributed by atoms with Crippen LogP contribution in [-0.4, -0.2) is 24.7 Å². The number of anilines is 1. The van der Waals surface area contributed by atoms with Gasteiger partial charge in [0.25, 0.3) is 0 Å². The Hall–Kier alpha value is -2.03. The maximum Gasteiger partial charge on any atom is 0.218 e. The van der Waals surface area contributed by atoms with Crippen molar-refractivity contribution in [1.29, 1.82) is 0 Å². The van der Waals surface area contributed by atoms with Gasteiger partial charge in [-0.1, -0.05) is 18.2 Å². The monoisotopic (exact) mass is 428 g/mol. The van der Waals surface area contributed by atoms with Crippen molar-refractivity contribution in [1.82, 2.24) is 4.98 Å². The molecular weight excluding hydrogens is 407 g/mol. The number of guanidine groups is 1. The molecule has 124 valence electrons. The van der Waals surface area contributed by atoms with E-state index in [1.54, 1.807) is 13.3 Å². The first-order valence-corrected chi connectivity index (χ1v) is 7.01. The van der Waals surface area contributed by atoms with E-state index < -0.39 is 0 Å². The van der Waals surface area contributed by atoms with E-state index in [1.807, 2.05) is 43.3 Å². The Morgan fingerprint density at radius 3 is 2.78 bits per heavy atom. The maximum absolute atomic E-state index is 5.92. The molecular formula is C16H21IN4O2. The smallest absolute Gasteiger partial charge is 0.218 e. The van der Waals surface area contributed by atoms with Crippen LogP contribution < -0.4 is 20.5 Å². The van der Waals surface area contributed by atoms with Gasteiger partial charge >= 0.3 is 0 Å². The van der Waals surface area contributed by atoms with Gasteiger partial charge in [-0.05, 0) is 25.1 Å². The number of nitrogens with two attached hydrogens (primary N) is 1. The highest BCUT2D eigenvalue weighted by atomic mass is 127. The van der Waals surface area contributed by atoms with Crippen LogP contribution >= 0.6 is 24.0 Å². The van der Waals surface area contributed by atoms with Crippen LogP contribution in [0.25, 0.3) is 0 Å². The first-order valence-electron chi connectivity index (χ1n) is 7.01. The van der Waals surface area contributed by atoms with Crippen molar-refractivity contribution >= 4 is 35.6 Å². The van der Waals surface area contributed by atoms with Crippen LogP contribution in [-0.2, 0) is 6.54 Å². The lowest BCUT2D eigenvalue weighted by Gasteiger charge is -2.10. The number of nitrogens with zero attached hydrogens (tertiary/aromatic N) is 2. The fourth-order valence-electron chi connectivity index (χ4n) is 1.91. The molecule has 23 heavy (non-hydrogen) atoms. The summed E-state index contributed by atoms with van der Waals surface area (Å²) in [5.41, 5.74) is 7.57. The van der Waals surface area contributed by atoms with Crippen LogP contribution in [0.4, 0.5) is 5.69 Å². The van der Waals surface area contributed by atoms with Crippen LogP contribution in [0.5, 0.6) is 11.6 Å². The third kappa shape index (κ3) is 5.59. The van der Waals surface area contributed by atoms with Crippen molar-refractivity contribution < 1.29 is 9.47 Å². The molecule has 0 unspecified atom stereocenters. The topological polar surface area (TPSA) is 81.8 Å². The Labute approximate surface area is 153 Å². The van der Waals surface area contributed by atoms with E-state index in [9.17, 15) is 0 Å². The van der Waals surface area contributed by atoms with Crippen LogP contribution in [0.3, 0.4) is 0 Å². The molecule has 0 atom stereocenters. The fourth-order valence-corrected chi connectivity index (χ4v) is 1.91. The summed E-state index contributed by atoms with van der Waals surface area (Å²) < 4.78 is 10.7. The highest BCUT2D eigenvalue weighted by molar-refractivity contribution is 14.0. The van der Waals surface area contributed by atoms with Gasteiger partial charge in [0, 0.05) is 11.8 Å². The molecule has 6 nitrogen and oxygen atoms in total. The minimum atomic E-state index is 0. The SMILES string of the molecule is CCOc1ncccc1CN=C(N)Nc1ccccc1OC.I. The number of methoxy groups -OCH3 is 1. The molecule has 1 aromatic carbocycles. The van der Waals surface area contributed by atoms with Gasteiger partial charge in [-0.3, -0.25) is 0 Å². The number of aromatic nitrogens is 1. The largest absolute Gasteiger partial charge is 0.495 e. The average molecular weight is 428 g/mol. The van der Waals surface area contributed by atoms with Gasteiger partial charge < -0.3 is 20.5 Å². The molecule has 0 bridgehead atoms. The van der Waals surface area contributed by atoms with Crippen molar-refractivity contribution in [3.63, 3.8) is 0 Å². The molecule has 0 spiro atoms. The molecule has 0 aliphatic heterocycles. The van der Waals surface area contributed by atoms with E-state index in [-0.39, 0.29) is 24.0 Å². The van der Waals surface area contributed by atoms with E-state index in [1.165, 1.54) is 0 Å². The van der Waals surface area contributed by atoms with E-state index in [2.05, 4.69) is 15.3 Å². The lowest BCUT2D eigenvalue weighted by molar-refractivity contribution is 0.323. The van der Waals surface area contributed by atoms with Gasteiger partial charge in [-0.2, -0.15) is 0 Å². The normalized spacial score (nSPS) is 10.6. The number of hydrogen-bond donors (Lipinski definition) is 2. The zero-order valence-electron chi connectivity index (χ0n) is 13.2. The zero-order valence-corrected chi connectivity index (χ0v) is 15.5. The summed E-state index contributed by atoms with van der Waals surface area (Å²) in [6.45, 7) is 2.86. The fraction of sp³-hybridized carbons (Fsp3) is 0.250. The first-order chi connectivity index (χ1) is 10.7. The second kappa shape index (κ2) is 9.88. The lowest BCUT2D eigenvalue weighted by atomic mass is 10.3. The van der Waals surface area contributed by atoms with Gasteiger partial charge in [0.05, 0.1) is 25.9 Å².